The van der Waals surface area contributed by atoms with Crippen LogP contribution in [0.5, 0.6) is 0 Å². The number of rotatable bonds is 1. The molecule has 90 valence electrons. The molecular formula is C13H17N3O. The van der Waals surface area contributed by atoms with Gasteiger partial charge in [0.2, 0.25) is 5.91 Å². The molecule has 2 aliphatic rings. The van der Waals surface area contributed by atoms with Gasteiger partial charge in [0.1, 0.15) is 0 Å². The molecule has 1 saturated heterocycles. The molecule has 1 amide bonds. The van der Waals surface area contributed by atoms with Crippen LogP contribution >= 0.6 is 0 Å². The fourth-order valence-electron chi connectivity index (χ4n) is 2.61. The fraction of sp³-hybridized carbons (Fsp3) is 0.462. The molecule has 0 saturated carbocycles. The van der Waals surface area contributed by atoms with Crippen LogP contribution in [-0.2, 0) is 4.79 Å². The van der Waals surface area contributed by atoms with E-state index in [1.54, 1.807) is 0 Å². The molecule has 1 atom stereocenters. The normalized spacial score (nSPS) is 23.1. The van der Waals surface area contributed by atoms with E-state index in [9.17, 15) is 4.79 Å². The molecule has 0 aromatic heterocycles. The lowest BCUT2D eigenvalue weighted by molar-refractivity contribution is -0.132. The van der Waals surface area contributed by atoms with Gasteiger partial charge in [0.25, 0.3) is 0 Å². The first-order valence-electron chi connectivity index (χ1n) is 6.18. The van der Waals surface area contributed by atoms with Gasteiger partial charge in [-0.05, 0) is 11.6 Å². The number of hydrogen-bond donors (Lipinski definition) is 2. The lowest BCUT2D eigenvalue weighted by Crippen LogP contribution is -2.48. The maximum absolute atomic E-state index is 12.4. The third-order valence-corrected chi connectivity index (χ3v) is 3.56. The zero-order chi connectivity index (χ0) is 11.7. The Bertz CT molecular complexity index is 426. The maximum Gasteiger partial charge on any atom is 0.232 e. The summed E-state index contributed by atoms with van der Waals surface area (Å²) in [5.74, 6) is 0.272. The quantitative estimate of drug-likeness (QED) is 0.745. The Balaban J connectivity index is 1.79. The Hall–Kier alpha value is -1.55. The van der Waals surface area contributed by atoms with E-state index >= 15 is 0 Å². The third-order valence-electron chi connectivity index (χ3n) is 3.56. The molecule has 3 rings (SSSR count). The minimum absolute atomic E-state index is 0.00398. The van der Waals surface area contributed by atoms with Crippen molar-refractivity contribution in [1.29, 1.82) is 0 Å². The Labute approximate surface area is 101 Å². The molecule has 1 aromatic carbocycles. The highest BCUT2D eigenvalue weighted by Crippen LogP contribution is 2.32. The van der Waals surface area contributed by atoms with Gasteiger partial charge in [-0.15, -0.1) is 0 Å². The van der Waals surface area contributed by atoms with Crippen molar-refractivity contribution in [3.8, 4) is 0 Å². The minimum Gasteiger partial charge on any atom is -0.384 e. The van der Waals surface area contributed by atoms with E-state index < -0.39 is 0 Å². The molecular weight excluding hydrogens is 214 g/mol. The lowest BCUT2D eigenvalue weighted by Gasteiger charge is -2.29. The Morgan fingerprint density at radius 1 is 1.24 bits per heavy atom. The van der Waals surface area contributed by atoms with Crippen LogP contribution < -0.4 is 10.6 Å². The highest BCUT2D eigenvalue weighted by Gasteiger charge is 2.31. The van der Waals surface area contributed by atoms with Gasteiger partial charge in [0, 0.05) is 38.4 Å². The number of carbonyl (C=O) groups excluding carboxylic acids is 1. The molecule has 2 N–H and O–H groups in total. The summed E-state index contributed by atoms with van der Waals surface area (Å²) in [5.41, 5.74) is 2.26. The summed E-state index contributed by atoms with van der Waals surface area (Å²) in [6.07, 6.45) is 0. The molecule has 2 heterocycles. The van der Waals surface area contributed by atoms with Gasteiger partial charge in [-0.2, -0.15) is 0 Å². The van der Waals surface area contributed by atoms with Gasteiger partial charge in [-0.3, -0.25) is 4.79 Å². The van der Waals surface area contributed by atoms with E-state index in [1.807, 2.05) is 23.1 Å². The van der Waals surface area contributed by atoms with Gasteiger partial charge >= 0.3 is 0 Å². The van der Waals surface area contributed by atoms with Crippen LogP contribution in [0.25, 0.3) is 0 Å². The zero-order valence-electron chi connectivity index (χ0n) is 9.78. The number of hydrogen-bond acceptors (Lipinski definition) is 3. The van der Waals surface area contributed by atoms with Crippen LogP contribution in [-0.4, -0.2) is 43.5 Å². The highest BCUT2D eigenvalue weighted by molar-refractivity contribution is 5.88. The first-order chi connectivity index (χ1) is 8.36. The highest BCUT2D eigenvalue weighted by atomic mass is 16.2. The van der Waals surface area contributed by atoms with E-state index in [1.165, 1.54) is 0 Å². The van der Waals surface area contributed by atoms with E-state index in [-0.39, 0.29) is 11.8 Å². The SMILES string of the molecule is O=C(C1CNc2ccccc21)N1CCNCC1. The third kappa shape index (κ3) is 1.89. The molecule has 1 aromatic rings. The lowest BCUT2D eigenvalue weighted by atomic mass is 9.99. The van der Waals surface area contributed by atoms with Crippen molar-refractivity contribution in [2.24, 2.45) is 0 Å². The average Bonchev–Trinajstić information content (AvgIpc) is 2.83. The van der Waals surface area contributed by atoms with Crippen molar-refractivity contribution in [2.45, 2.75) is 5.92 Å². The summed E-state index contributed by atoms with van der Waals surface area (Å²) < 4.78 is 0. The van der Waals surface area contributed by atoms with E-state index in [0.717, 1.165) is 44.0 Å². The largest absolute Gasteiger partial charge is 0.384 e. The van der Waals surface area contributed by atoms with Gasteiger partial charge in [0.05, 0.1) is 5.92 Å². The molecule has 1 fully saturated rings. The number of benzene rings is 1. The first-order valence-corrected chi connectivity index (χ1v) is 6.18. The van der Waals surface area contributed by atoms with Gasteiger partial charge < -0.3 is 15.5 Å². The molecule has 2 aliphatic heterocycles. The smallest absolute Gasteiger partial charge is 0.232 e. The van der Waals surface area contributed by atoms with Crippen LogP contribution in [0.4, 0.5) is 5.69 Å². The van der Waals surface area contributed by atoms with Crippen molar-refractivity contribution in [3.05, 3.63) is 29.8 Å². The van der Waals surface area contributed by atoms with Crippen molar-refractivity contribution in [3.63, 3.8) is 0 Å². The topological polar surface area (TPSA) is 44.4 Å². The number of anilines is 1. The van der Waals surface area contributed by atoms with Crippen LogP contribution in [0, 0.1) is 0 Å². The number of piperazine rings is 1. The average molecular weight is 231 g/mol. The molecule has 17 heavy (non-hydrogen) atoms. The molecule has 0 bridgehead atoms. The summed E-state index contributed by atoms with van der Waals surface area (Å²) in [5, 5.41) is 6.58. The van der Waals surface area contributed by atoms with E-state index in [4.69, 9.17) is 0 Å². The second-order valence-corrected chi connectivity index (χ2v) is 4.60. The molecule has 0 spiro atoms. The summed E-state index contributed by atoms with van der Waals surface area (Å²) >= 11 is 0. The monoisotopic (exact) mass is 231 g/mol. The van der Waals surface area contributed by atoms with Gasteiger partial charge in [-0.1, -0.05) is 18.2 Å². The summed E-state index contributed by atoms with van der Waals surface area (Å²) in [4.78, 5) is 14.4. The number of para-hydroxylation sites is 1. The molecule has 4 nitrogen and oxygen atoms in total. The van der Waals surface area contributed by atoms with Crippen molar-refractivity contribution in [2.75, 3.05) is 38.0 Å². The number of nitrogens with zero attached hydrogens (tertiary/aromatic N) is 1. The number of fused-ring (bicyclic) bond motifs is 1. The maximum atomic E-state index is 12.4. The zero-order valence-corrected chi connectivity index (χ0v) is 9.78. The Kier molecular flexibility index (Phi) is 2.73. The van der Waals surface area contributed by atoms with Crippen molar-refractivity contribution >= 4 is 11.6 Å². The summed E-state index contributed by atoms with van der Waals surface area (Å²) in [7, 11) is 0. The predicted octanol–water partition coefficient (Wildman–Crippen LogP) is 0.627. The first kappa shape index (κ1) is 10.6. The number of amides is 1. The molecule has 4 heteroatoms. The summed E-state index contributed by atoms with van der Waals surface area (Å²) in [6.45, 7) is 4.22. The molecule has 0 radical (unpaired) electrons. The van der Waals surface area contributed by atoms with Crippen LogP contribution in [0.3, 0.4) is 0 Å². The van der Waals surface area contributed by atoms with Crippen molar-refractivity contribution < 1.29 is 4.79 Å². The standard InChI is InChI=1S/C13H17N3O/c17-13(16-7-5-14-6-8-16)11-9-15-12-4-2-1-3-10(11)12/h1-4,11,14-15H,5-9H2. The van der Waals surface area contributed by atoms with Gasteiger partial charge in [0.15, 0.2) is 0 Å². The Morgan fingerprint density at radius 2 is 2.00 bits per heavy atom. The number of nitrogens with one attached hydrogen (secondary N) is 2. The summed E-state index contributed by atoms with van der Waals surface area (Å²) in [6, 6.07) is 8.11. The van der Waals surface area contributed by atoms with Crippen LogP contribution in [0.2, 0.25) is 0 Å². The fourth-order valence-corrected chi connectivity index (χ4v) is 2.61. The predicted molar refractivity (Wildman–Crippen MR) is 67.1 cm³/mol. The minimum atomic E-state index is 0.00398. The van der Waals surface area contributed by atoms with Gasteiger partial charge in [-0.25, -0.2) is 0 Å². The van der Waals surface area contributed by atoms with E-state index in [0.29, 0.717) is 0 Å². The van der Waals surface area contributed by atoms with Crippen LogP contribution in [0.15, 0.2) is 24.3 Å². The van der Waals surface area contributed by atoms with Crippen molar-refractivity contribution in [1.82, 2.24) is 10.2 Å². The van der Waals surface area contributed by atoms with E-state index in [2.05, 4.69) is 16.7 Å². The Morgan fingerprint density at radius 3 is 2.82 bits per heavy atom. The molecule has 1 unspecified atom stereocenters. The molecule has 0 aliphatic carbocycles. The van der Waals surface area contributed by atoms with Crippen LogP contribution in [0.1, 0.15) is 11.5 Å². The second kappa shape index (κ2) is 4.37. The number of carbonyl (C=O) groups is 1. The second-order valence-electron chi connectivity index (χ2n) is 4.60.